The summed E-state index contributed by atoms with van der Waals surface area (Å²) in [6.07, 6.45) is 2.83. The van der Waals surface area contributed by atoms with Gasteiger partial charge >= 0.3 is 0 Å². The van der Waals surface area contributed by atoms with E-state index < -0.39 is 0 Å². The fraction of sp³-hybridized carbons (Fsp3) is 1.00. The first kappa shape index (κ1) is 10.8. The molecule has 2 aliphatic rings. The van der Waals surface area contributed by atoms with Crippen molar-refractivity contribution in [3.05, 3.63) is 0 Å². The number of thioether (sulfide) groups is 1. The molecule has 0 saturated carbocycles. The van der Waals surface area contributed by atoms with Crippen molar-refractivity contribution in [2.24, 2.45) is 0 Å². The SMILES string of the molecule is CC(C)SC1CCCN(C2CNC2)C1. The Morgan fingerprint density at radius 3 is 2.71 bits per heavy atom. The van der Waals surface area contributed by atoms with E-state index in [-0.39, 0.29) is 0 Å². The summed E-state index contributed by atoms with van der Waals surface area (Å²) in [5.41, 5.74) is 0. The van der Waals surface area contributed by atoms with Crippen LogP contribution >= 0.6 is 11.8 Å². The van der Waals surface area contributed by atoms with Crippen LogP contribution in [0.1, 0.15) is 26.7 Å². The molecule has 2 rings (SSSR count). The molecule has 1 atom stereocenters. The molecular weight excluding hydrogens is 192 g/mol. The number of rotatable bonds is 3. The molecule has 2 heterocycles. The maximum absolute atomic E-state index is 3.37. The lowest BCUT2D eigenvalue weighted by Crippen LogP contribution is -2.59. The normalized spacial score (nSPS) is 30.6. The standard InChI is InChI=1S/C11H22N2S/c1-9(2)14-11-4-3-5-13(8-11)10-6-12-7-10/h9-12H,3-8H2,1-2H3. The molecule has 1 unspecified atom stereocenters. The van der Waals surface area contributed by atoms with Crippen LogP contribution in [0.15, 0.2) is 0 Å². The molecular formula is C11H22N2S. The van der Waals surface area contributed by atoms with Crippen molar-refractivity contribution < 1.29 is 0 Å². The zero-order chi connectivity index (χ0) is 9.97. The summed E-state index contributed by atoms with van der Waals surface area (Å²) >= 11 is 2.17. The Hall–Kier alpha value is 0.270. The number of piperidine rings is 1. The summed E-state index contributed by atoms with van der Waals surface area (Å²) in [6.45, 7) is 9.73. The van der Waals surface area contributed by atoms with E-state index in [0.717, 1.165) is 16.5 Å². The first-order valence-electron chi connectivity index (χ1n) is 5.86. The molecule has 2 nitrogen and oxygen atoms in total. The average molecular weight is 214 g/mol. The van der Waals surface area contributed by atoms with Crippen molar-refractivity contribution in [1.29, 1.82) is 0 Å². The zero-order valence-corrected chi connectivity index (χ0v) is 10.1. The molecule has 2 fully saturated rings. The lowest BCUT2D eigenvalue weighted by molar-refractivity contribution is 0.124. The molecule has 0 spiro atoms. The maximum atomic E-state index is 3.37. The molecule has 0 aromatic heterocycles. The molecule has 3 heteroatoms. The summed E-state index contributed by atoms with van der Waals surface area (Å²) in [6, 6.07) is 0.852. The summed E-state index contributed by atoms with van der Waals surface area (Å²) < 4.78 is 0. The van der Waals surface area contributed by atoms with Crippen LogP contribution in [0.2, 0.25) is 0 Å². The van der Waals surface area contributed by atoms with E-state index in [4.69, 9.17) is 0 Å². The van der Waals surface area contributed by atoms with E-state index in [2.05, 4.69) is 35.8 Å². The van der Waals surface area contributed by atoms with Crippen molar-refractivity contribution in [3.8, 4) is 0 Å². The van der Waals surface area contributed by atoms with E-state index in [1.165, 1.54) is 39.0 Å². The van der Waals surface area contributed by atoms with Crippen LogP contribution in [-0.2, 0) is 0 Å². The highest BCUT2D eigenvalue weighted by Crippen LogP contribution is 2.27. The summed E-state index contributed by atoms with van der Waals surface area (Å²) in [5, 5.41) is 5.05. The molecule has 0 radical (unpaired) electrons. The second-order valence-electron chi connectivity index (χ2n) is 4.76. The number of likely N-dealkylation sites (tertiary alicyclic amines) is 1. The number of hydrogen-bond donors (Lipinski definition) is 1. The minimum Gasteiger partial charge on any atom is -0.314 e. The molecule has 14 heavy (non-hydrogen) atoms. The van der Waals surface area contributed by atoms with Gasteiger partial charge in [-0.25, -0.2) is 0 Å². The first-order chi connectivity index (χ1) is 6.75. The van der Waals surface area contributed by atoms with Crippen LogP contribution in [0.25, 0.3) is 0 Å². The van der Waals surface area contributed by atoms with Gasteiger partial charge in [-0.15, -0.1) is 0 Å². The molecule has 2 saturated heterocycles. The van der Waals surface area contributed by atoms with E-state index in [1.807, 2.05) is 0 Å². The Balaban J connectivity index is 1.77. The first-order valence-corrected chi connectivity index (χ1v) is 6.80. The summed E-state index contributed by atoms with van der Waals surface area (Å²) in [7, 11) is 0. The molecule has 82 valence electrons. The number of nitrogens with zero attached hydrogens (tertiary/aromatic N) is 1. The van der Waals surface area contributed by atoms with E-state index in [0.29, 0.717) is 0 Å². The van der Waals surface area contributed by atoms with Gasteiger partial charge in [-0.2, -0.15) is 11.8 Å². The van der Waals surface area contributed by atoms with Gasteiger partial charge in [0.25, 0.3) is 0 Å². The molecule has 0 bridgehead atoms. The van der Waals surface area contributed by atoms with Gasteiger partial charge in [0.2, 0.25) is 0 Å². The van der Waals surface area contributed by atoms with Gasteiger partial charge in [-0.3, -0.25) is 4.90 Å². The monoisotopic (exact) mass is 214 g/mol. The third-order valence-corrected chi connectivity index (χ3v) is 4.46. The van der Waals surface area contributed by atoms with Crippen LogP contribution in [0.5, 0.6) is 0 Å². The summed E-state index contributed by atoms with van der Waals surface area (Å²) in [5.74, 6) is 0. The van der Waals surface area contributed by atoms with Gasteiger partial charge in [0.15, 0.2) is 0 Å². The Morgan fingerprint density at radius 2 is 2.14 bits per heavy atom. The van der Waals surface area contributed by atoms with Crippen molar-refractivity contribution in [2.75, 3.05) is 26.2 Å². The van der Waals surface area contributed by atoms with E-state index in [1.54, 1.807) is 0 Å². The Labute approximate surface area is 91.8 Å². The predicted molar refractivity (Wildman–Crippen MR) is 64.0 cm³/mol. The molecule has 0 aliphatic carbocycles. The van der Waals surface area contributed by atoms with Gasteiger partial charge in [-0.05, 0) is 24.6 Å². The molecule has 1 N–H and O–H groups in total. The van der Waals surface area contributed by atoms with E-state index >= 15 is 0 Å². The molecule has 0 aromatic carbocycles. The van der Waals surface area contributed by atoms with Gasteiger partial charge < -0.3 is 5.32 Å². The highest BCUT2D eigenvalue weighted by Gasteiger charge is 2.29. The van der Waals surface area contributed by atoms with Crippen LogP contribution in [0, 0.1) is 0 Å². The zero-order valence-electron chi connectivity index (χ0n) is 9.33. The fourth-order valence-electron chi connectivity index (χ4n) is 2.33. The highest BCUT2D eigenvalue weighted by atomic mass is 32.2. The summed E-state index contributed by atoms with van der Waals surface area (Å²) in [4.78, 5) is 2.69. The minimum absolute atomic E-state index is 0.791. The van der Waals surface area contributed by atoms with E-state index in [9.17, 15) is 0 Å². The van der Waals surface area contributed by atoms with Crippen molar-refractivity contribution in [2.45, 2.75) is 43.2 Å². The van der Waals surface area contributed by atoms with Crippen LogP contribution in [0.3, 0.4) is 0 Å². The third-order valence-electron chi connectivity index (χ3n) is 3.15. The Morgan fingerprint density at radius 1 is 1.36 bits per heavy atom. The Bertz CT molecular complexity index is 180. The lowest BCUT2D eigenvalue weighted by atomic mass is 10.0. The van der Waals surface area contributed by atoms with Gasteiger partial charge in [-0.1, -0.05) is 13.8 Å². The highest BCUT2D eigenvalue weighted by molar-refractivity contribution is 8.00. The lowest BCUT2D eigenvalue weighted by Gasteiger charge is -2.42. The average Bonchev–Trinajstić information content (AvgIpc) is 1.99. The molecule has 0 amide bonds. The molecule has 2 aliphatic heterocycles. The van der Waals surface area contributed by atoms with Gasteiger partial charge in [0.1, 0.15) is 0 Å². The van der Waals surface area contributed by atoms with Crippen molar-refractivity contribution in [1.82, 2.24) is 10.2 Å². The van der Waals surface area contributed by atoms with Gasteiger partial charge in [0.05, 0.1) is 0 Å². The largest absolute Gasteiger partial charge is 0.314 e. The Kier molecular flexibility index (Phi) is 3.74. The predicted octanol–water partition coefficient (Wildman–Crippen LogP) is 1.56. The number of hydrogen-bond acceptors (Lipinski definition) is 3. The van der Waals surface area contributed by atoms with Crippen LogP contribution in [0.4, 0.5) is 0 Å². The quantitative estimate of drug-likeness (QED) is 0.767. The second kappa shape index (κ2) is 4.86. The number of nitrogens with one attached hydrogen (secondary N) is 1. The van der Waals surface area contributed by atoms with Crippen molar-refractivity contribution >= 4 is 11.8 Å². The third kappa shape index (κ3) is 2.65. The maximum Gasteiger partial charge on any atom is 0.0345 e. The second-order valence-corrected chi connectivity index (χ2v) is 6.64. The van der Waals surface area contributed by atoms with Gasteiger partial charge in [0, 0.05) is 30.9 Å². The molecule has 0 aromatic rings. The fourth-order valence-corrected chi connectivity index (χ4v) is 3.68. The minimum atomic E-state index is 0.791. The topological polar surface area (TPSA) is 15.3 Å². The van der Waals surface area contributed by atoms with Crippen LogP contribution < -0.4 is 5.32 Å². The smallest absolute Gasteiger partial charge is 0.0345 e. The van der Waals surface area contributed by atoms with Crippen LogP contribution in [-0.4, -0.2) is 47.6 Å². The van der Waals surface area contributed by atoms with Crippen molar-refractivity contribution in [3.63, 3.8) is 0 Å².